The highest BCUT2D eigenvalue weighted by Gasteiger charge is 2.28. The van der Waals surface area contributed by atoms with E-state index in [9.17, 15) is 18.4 Å². The van der Waals surface area contributed by atoms with Crippen molar-refractivity contribution in [3.63, 3.8) is 0 Å². The molecular formula is C23H22F2N4O2. The second kappa shape index (κ2) is 8.67. The number of halogens is 2. The van der Waals surface area contributed by atoms with Gasteiger partial charge in [-0.15, -0.1) is 0 Å². The average molecular weight is 424 g/mol. The van der Waals surface area contributed by atoms with E-state index in [0.717, 1.165) is 4.68 Å². The van der Waals surface area contributed by atoms with Crippen LogP contribution in [-0.4, -0.2) is 46.8 Å². The van der Waals surface area contributed by atoms with Crippen LogP contribution in [-0.2, 0) is 4.79 Å². The average Bonchev–Trinajstić information content (AvgIpc) is 2.79. The standard InChI is InChI=1S/C23H22F2N4O2/c1-16(29-22(30)11-10-20(26-29)17-6-8-18(24)9-7-17)23(31)28-14-12-27(13-15-28)21-5-3-2-4-19(21)25/h2-11,16H,12-15H2,1H3. The molecular weight excluding hydrogens is 402 g/mol. The van der Waals surface area contributed by atoms with E-state index in [0.29, 0.717) is 43.1 Å². The molecule has 8 heteroatoms. The maximum atomic E-state index is 14.0. The van der Waals surface area contributed by atoms with Crippen LogP contribution in [0.1, 0.15) is 13.0 Å². The van der Waals surface area contributed by atoms with Gasteiger partial charge in [-0.2, -0.15) is 5.10 Å². The van der Waals surface area contributed by atoms with Crippen molar-refractivity contribution in [1.29, 1.82) is 0 Å². The zero-order valence-electron chi connectivity index (χ0n) is 17.0. The van der Waals surface area contributed by atoms with Gasteiger partial charge in [-0.3, -0.25) is 9.59 Å². The third-order valence-corrected chi connectivity index (χ3v) is 5.47. The summed E-state index contributed by atoms with van der Waals surface area (Å²) in [6, 6.07) is 14.4. The highest BCUT2D eigenvalue weighted by molar-refractivity contribution is 5.80. The van der Waals surface area contributed by atoms with Crippen molar-refractivity contribution >= 4 is 11.6 Å². The van der Waals surface area contributed by atoms with Gasteiger partial charge in [-0.1, -0.05) is 12.1 Å². The van der Waals surface area contributed by atoms with Gasteiger partial charge in [-0.05, 0) is 49.4 Å². The number of anilines is 1. The quantitative estimate of drug-likeness (QED) is 0.646. The fraction of sp³-hybridized carbons (Fsp3) is 0.261. The van der Waals surface area contributed by atoms with Crippen LogP contribution in [0.25, 0.3) is 11.3 Å². The Balaban J connectivity index is 1.48. The number of hydrogen-bond acceptors (Lipinski definition) is 4. The van der Waals surface area contributed by atoms with Gasteiger partial charge in [0.15, 0.2) is 0 Å². The Kier molecular flexibility index (Phi) is 5.79. The van der Waals surface area contributed by atoms with Gasteiger partial charge >= 0.3 is 0 Å². The lowest BCUT2D eigenvalue weighted by Crippen LogP contribution is -2.51. The minimum absolute atomic E-state index is 0.223. The number of benzene rings is 2. The van der Waals surface area contributed by atoms with Crippen molar-refractivity contribution in [1.82, 2.24) is 14.7 Å². The van der Waals surface area contributed by atoms with Gasteiger partial charge in [0.25, 0.3) is 5.56 Å². The van der Waals surface area contributed by atoms with Crippen LogP contribution in [0.15, 0.2) is 65.5 Å². The number of piperazine rings is 1. The second-order valence-electron chi connectivity index (χ2n) is 7.45. The monoisotopic (exact) mass is 424 g/mol. The van der Waals surface area contributed by atoms with E-state index in [1.165, 1.54) is 24.3 Å². The molecule has 1 aromatic heterocycles. The molecule has 1 aliphatic rings. The zero-order chi connectivity index (χ0) is 22.0. The predicted molar refractivity (Wildman–Crippen MR) is 114 cm³/mol. The SMILES string of the molecule is CC(C(=O)N1CCN(c2ccccc2F)CC1)n1nc(-c2ccc(F)cc2)ccc1=O. The summed E-state index contributed by atoms with van der Waals surface area (Å²) in [5.74, 6) is -0.877. The summed E-state index contributed by atoms with van der Waals surface area (Å²) in [6.45, 7) is 3.47. The molecule has 0 N–H and O–H groups in total. The fourth-order valence-corrected chi connectivity index (χ4v) is 3.72. The summed E-state index contributed by atoms with van der Waals surface area (Å²) in [7, 11) is 0. The molecule has 1 unspecified atom stereocenters. The Bertz CT molecular complexity index is 1140. The molecule has 4 rings (SSSR count). The van der Waals surface area contributed by atoms with Crippen molar-refractivity contribution in [2.24, 2.45) is 0 Å². The van der Waals surface area contributed by atoms with Gasteiger partial charge in [0.1, 0.15) is 17.7 Å². The molecule has 0 spiro atoms. The number of para-hydroxylation sites is 1. The van der Waals surface area contributed by atoms with Gasteiger partial charge in [-0.25, -0.2) is 13.5 Å². The Morgan fingerprint density at radius 2 is 1.61 bits per heavy atom. The minimum Gasteiger partial charge on any atom is -0.366 e. The van der Waals surface area contributed by atoms with E-state index in [1.807, 2.05) is 4.90 Å². The van der Waals surface area contributed by atoms with Crippen molar-refractivity contribution in [3.8, 4) is 11.3 Å². The molecule has 1 fully saturated rings. The molecule has 1 amide bonds. The first-order chi connectivity index (χ1) is 14.9. The Morgan fingerprint density at radius 1 is 0.935 bits per heavy atom. The largest absolute Gasteiger partial charge is 0.366 e. The van der Waals surface area contributed by atoms with Crippen molar-refractivity contribution in [2.75, 3.05) is 31.1 Å². The first kappa shape index (κ1) is 20.7. The second-order valence-corrected chi connectivity index (χ2v) is 7.45. The Labute approximate surface area is 178 Å². The number of nitrogens with zero attached hydrogens (tertiary/aromatic N) is 4. The zero-order valence-corrected chi connectivity index (χ0v) is 17.0. The summed E-state index contributed by atoms with van der Waals surface area (Å²) in [4.78, 5) is 29.0. The van der Waals surface area contributed by atoms with Crippen LogP contribution >= 0.6 is 0 Å². The van der Waals surface area contributed by atoms with Crippen LogP contribution in [0.4, 0.5) is 14.5 Å². The third kappa shape index (κ3) is 4.33. The molecule has 31 heavy (non-hydrogen) atoms. The highest BCUT2D eigenvalue weighted by atomic mass is 19.1. The predicted octanol–water partition coefficient (Wildman–Crippen LogP) is 3.10. The van der Waals surface area contributed by atoms with Crippen LogP contribution in [0.3, 0.4) is 0 Å². The van der Waals surface area contributed by atoms with Gasteiger partial charge in [0.2, 0.25) is 5.91 Å². The van der Waals surface area contributed by atoms with Crippen LogP contribution in [0.2, 0.25) is 0 Å². The topological polar surface area (TPSA) is 58.4 Å². The smallest absolute Gasteiger partial charge is 0.267 e. The highest BCUT2D eigenvalue weighted by Crippen LogP contribution is 2.21. The van der Waals surface area contributed by atoms with Gasteiger partial charge in [0.05, 0.1) is 11.4 Å². The molecule has 2 heterocycles. The first-order valence-corrected chi connectivity index (χ1v) is 10.1. The molecule has 0 aliphatic carbocycles. The lowest BCUT2D eigenvalue weighted by molar-refractivity contribution is -0.135. The maximum Gasteiger partial charge on any atom is 0.267 e. The van der Waals surface area contributed by atoms with Crippen LogP contribution in [0.5, 0.6) is 0 Å². The van der Waals surface area contributed by atoms with Crippen molar-refractivity contribution < 1.29 is 13.6 Å². The summed E-state index contributed by atoms with van der Waals surface area (Å²) >= 11 is 0. The van der Waals surface area contributed by atoms with Crippen molar-refractivity contribution in [2.45, 2.75) is 13.0 Å². The minimum atomic E-state index is -0.798. The lowest BCUT2D eigenvalue weighted by Gasteiger charge is -2.37. The first-order valence-electron chi connectivity index (χ1n) is 10.1. The lowest BCUT2D eigenvalue weighted by atomic mass is 10.1. The van der Waals surface area contributed by atoms with Gasteiger partial charge < -0.3 is 9.80 Å². The molecule has 1 atom stereocenters. The van der Waals surface area contributed by atoms with Crippen molar-refractivity contribution in [3.05, 3.63) is 82.7 Å². The Morgan fingerprint density at radius 3 is 2.29 bits per heavy atom. The van der Waals surface area contributed by atoms with Crippen LogP contribution in [0, 0.1) is 11.6 Å². The third-order valence-electron chi connectivity index (χ3n) is 5.47. The molecule has 0 bridgehead atoms. The van der Waals surface area contributed by atoms with E-state index >= 15 is 0 Å². The normalized spacial score (nSPS) is 15.1. The van der Waals surface area contributed by atoms with Gasteiger partial charge in [0, 0.05) is 37.8 Å². The molecule has 0 radical (unpaired) electrons. The molecule has 6 nitrogen and oxygen atoms in total. The summed E-state index contributed by atoms with van der Waals surface area (Å²) in [5.41, 5.74) is 1.25. The number of amides is 1. The number of aromatic nitrogens is 2. The number of carbonyl (C=O) groups excluding carboxylic acids is 1. The summed E-state index contributed by atoms with van der Waals surface area (Å²) < 4.78 is 28.4. The number of rotatable bonds is 4. The molecule has 2 aromatic carbocycles. The summed E-state index contributed by atoms with van der Waals surface area (Å²) in [5, 5.41) is 4.34. The molecule has 1 saturated heterocycles. The molecule has 3 aromatic rings. The van der Waals surface area contributed by atoms with E-state index in [4.69, 9.17) is 0 Å². The van der Waals surface area contributed by atoms with E-state index in [2.05, 4.69) is 5.10 Å². The van der Waals surface area contributed by atoms with E-state index < -0.39 is 11.6 Å². The van der Waals surface area contributed by atoms with E-state index in [-0.39, 0.29) is 17.5 Å². The number of hydrogen-bond donors (Lipinski definition) is 0. The maximum absolute atomic E-state index is 14.0. The molecule has 1 aliphatic heterocycles. The Hall–Kier alpha value is -3.55. The summed E-state index contributed by atoms with van der Waals surface area (Å²) in [6.07, 6.45) is 0. The fourth-order valence-electron chi connectivity index (χ4n) is 3.72. The van der Waals surface area contributed by atoms with Crippen LogP contribution < -0.4 is 10.5 Å². The number of carbonyl (C=O) groups is 1. The molecule has 0 saturated carbocycles. The van der Waals surface area contributed by atoms with E-state index in [1.54, 1.807) is 48.2 Å². The molecule has 160 valence electrons.